The smallest absolute Gasteiger partial charge is 0.359 e. The summed E-state index contributed by atoms with van der Waals surface area (Å²) in [5.74, 6) is -1.32. The highest BCUT2D eigenvalue weighted by Crippen LogP contribution is 2.21. The Labute approximate surface area is 186 Å². The van der Waals surface area contributed by atoms with Crippen LogP contribution >= 0.6 is 0 Å². The summed E-state index contributed by atoms with van der Waals surface area (Å²) in [5.41, 5.74) is 0.386. The first-order chi connectivity index (χ1) is 15.2. The molecule has 1 amide bonds. The minimum atomic E-state index is -3.17. The number of esters is 1. The van der Waals surface area contributed by atoms with Gasteiger partial charge < -0.3 is 9.64 Å². The van der Waals surface area contributed by atoms with Gasteiger partial charge in [-0.15, -0.1) is 0 Å². The highest BCUT2D eigenvalue weighted by Gasteiger charge is 2.36. The van der Waals surface area contributed by atoms with Gasteiger partial charge in [0.2, 0.25) is 0 Å². The van der Waals surface area contributed by atoms with Crippen molar-refractivity contribution in [3.05, 3.63) is 64.1 Å². The standard InChI is InChI=1S/C22H27N3O6S/c1-3-16(2)25(18-11-12-32(29,30)15-18)21(27)14-31-22(28)19-9-10-20(26)24(23-19)13-17-7-5-4-6-8-17/h4-10,16,18H,3,11-15H2,1-2H3/t16-,18-/m0/s1. The highest BCUT2D eigenvalue weighted by molar-refractivity contribution is 7.91. The summed E-state index contributed by atoms with van der Waals surface area (Å²) in [4.78, 5) is 38.9. The molecule has 2 heterocycles. The van der Waals surface area contributed by atoms with Crippen LogP contribution in [0.5, 0.6) is 0 Å². The van der Waals surface area contributed by atoms with Gasteiger partial charge in [0.15, 0.2) is 22.1 Å². The van der Waals surface area contributed by atoms with Gasteiger partial charge in [-0.05, 0) is 31.4 Å². The first kappa shape index (κ1) is 23.6. The SMILES string of the molecule is CC[C@H](C)N(C(=O)COC(=O)c1ccc(=O)n(Cc2ccccc2)n1)[C@H]1CCS(=O)(=O)C1. The summed E-state index contributed by atoms with van der Waals surface area (Å²) in [6, 6.07) is 11.1. The zero-order valence-corrected chi connectivity index (χ0v) is 19.0. The molecule has 0 N–H and O–H groups in total. The summed E-state index contributed by atoms with van der Waals surface area (Å²) in [5, 5.41) is 4.06. The van der Waals surface area contributed by atoms with Gasteiger partial charge in [0, 0.05) is 18.2 Å². The third kappa shape index (κ3) is 5.82. The largest absolute Gasteiger partial charge is 0.451 e. The summed E-state index contributed by atoms with van der Waals surface area (Å²) < 4.78 is 30.0. The fourth-order valence-electron chi connectivity index (χ4n) is 3.70. The zero-order valence-electron chi connectivity index (χ0n) is 18.1. The van der Waals surface area contributed by atoms with E-state index in [-0.39, 0.29) is 35.3 Å². The molecule has 0 saturated carbocycles. The summed E-state index contributed by atoms with van der Waals surface area (Å²) >= 11 is 0. The van der Waals surface area contributed by atoms with Crippen molar-refractivity contribution in [1.82, 2.24) is 14.7 Å². The molecule has 172 valence electrons. The molecule has 0 bridgehead atoms. The first-order valence-electron chi connectivity index (χ1n) is 10.5. The molecule has 0 unspecified atom stereocenters. The molecule has 2 aromatic rings. The van der Waals surface area contributed by atoms with Crippen LogP contribution < -0.4 is 5.56 Å². The topological polar surface area (TPSA) is 116 Å². The third-order valence-corrected chi connectivity index (χ3v) is 7.28. The maximum atomic E-state index is 12.8. The van der Waals surface area contributed by atoms with Crippen LogP contribution in [0.3, 0.4) is 0 Å². The van der Waals surface area contributed by atoms with Crippen LogP contribution in [0.15, 0.2) is 47.3 Å². The minimum absolute atomic E-state index is 0.0462. The van der Waals surface area contributed by atoms with Crippen molar-refractivity contribution < 1.29 is 22.7 Å². The van der Waals surface area contributed by atoms with Gasteiger partial charge in [-0.25, -0.2) is 17.9 Å². The van der Waals surface area contributed by atoms with Crippen LogP contribution in [0.2, 0.25) is 0 Å². The number of carbonyl (C=O) groups is 2. The van der Waals surface area contributed by atoms with E-state index in [4.69, 9.17) is 4.74 Å². The van der Waals surface area contributed by atoms with E-state index < -0.39 is 34.4 Å². The van der Waals surface area contributed by atoms with Crippen molar-refractivity contribution in [3.8, 4) is 0 Å². The molecule has 1 aliphatic rings. The van der Waals surface area contributed by atoms with Gasteiger partial charge in [-0.2, -0.15) is 5.10 Å². The van der Waals surface area contributed by atoms with Crippen LogP contribution in [-0.2, 0) is 25.9 Å². The van der Waals surface area contributed by atoms with E-state index in [1.807, 2.05) is 44.2 Å². The van der Waals surface area contributed by atoms with Crippen molar-refractivity contribution in [2.24, 2.45) is 0 Å². The second-order valence-corrected chi connectivity index (χ2v) is 10.1. The van der Waals surface area contributed by atoms with Crippen LogP contribution in [0, 0.1) is 0 Å². The van der Waals surface area contributed by atoms with Crippen molar-refractivity contribution >= 4 is 21.7 Å². The molecule has 3 rings (SSSR count). The normalized spacial score (nSPS) is 18.1. The number of aromatic nitrogens is 2. The van der Waals surface area contributed by atoms with Crippen molar-refractivity contribution in [1.29, 1.82) is 0 Å². The first-order valence-corrected chi connectivity index (χ1v) is 12.3. The predicted molar refractivity (Wildman–Crippen MR) is 118 cm³/mol. The lowest BCUT2D eigenvalue weighted by molar-refractivity contribution is -0.138. The fourth-order valence-corrected chi connectivity index (χ4v) is 5.42. The molecule has 0 spiro atoms. The maximum absolute atomic E-state index is 12.8. The van der Waals surface area contributed by atoms with E-state index in [0.29, 0.717) is 12.8 Å². The molecule has 1 saturated heterocycles. The lowest BCUT2D eigenvalue weighted by Gasteiger charge is -2.33. The van der Waals surface area contributed by atoms with E-state index in [1.54, 1.807) is 0 Å². The van der Waals surface area contributed by atoms with E-state index in [2.05, 4.69) is 5.10 Å². The lowest BCUT2D eigenvalue weighted by atomic mass is 10.1. The molecule has 1 aromatic carbocycles. The van der Waals surface area contributed by atoms with E-state index in [0.717, 1.165) is 10.2 Å². The molecular formula is C22H27N3O6S. The number of hydrogen-bond acceptors (Lipinski definition) is 7. The average molecular weight is 462 g/mol. The van der Waals surface area contributed by atoms with E-state index in [9.17, 15) is 22.8 Å². The van der Waals surface area contributed by atoms with Crippen LogP contribution in [0.1, 0.15) is 42.7 Å². The number of nitrogens with zero attached hydrogens (tertiary/aromatic N) is 3. The Morgan fingerprint density at radius 3 is 2.56 bits per heavy atom. The van der Waals surface area contributed by atoms with Crippen molar-refractivity contribution in [2.45, 2.75) is 45.3 Å². The molecule has 1 aliphatic heterocycles. The van der Waals surface area contributed by atoms with Gasteiger partial charge in [-0.3, -0.25) is 9.59 Å². The number of sulfone groups is 1. The average Bonchev–Trinajstić information content (AvgIpc) is 3.13. The Morgan fingerprint density at radius 1 is 1.22 bits per heavy atom. The second kappa shape index (κ2) is 10.1. The number of carbonyl (C=O) groups excluding carboxylic acids is 2. The predicted octanol–water partition coefficient (Wildman–Crippen LogP) is 1.26. The number of hydrogen-bond donors (Lipinski definition) is 0. The molecule has 0 radical (unpaired) electrons. The molecule has 1 fully saturated rings. The summed E-state index contributed by atoms with van der Waals surface area (Å²) in [6.07, 6.45) is 1.01. The Kier molecular flexibility index (Phi) is 7.44. The zero-order chi connectivity index (χ0) is 23.3. The molecular weight excluding hydrogens is 434 g/mol. The Morgan fingerprint density at radius 2 is 1.94 bits per heavy atom. The number of ether oxygens (including phenoxy) is 1. The van der Waals surface area contributed by atoms with Crippen molar-refractivity contribution in [2.75, 3.05) is 18.1 Å². The molecule has 1 aromatic heterocycles. The van der Waals surface area contributed by atoms with Crippen LogP contribution in [0.25, 0.3) is 0 Å². The number of amides is 1. The molecule has 9 nitrogen and oxygen atoms in total. The molecule has 0 aliphatic carbocycles. The van der Waals surface area contributed by atoms with Crippen LogP contribution in [-0.4, -0.2) is 65.2 Å². The van der Waals surface area contributed by atoms with Gasteiger partial charge >= 0.3 is 5.97 Å². The van der Waals surface area contributed by atoms with E-state index >= 15 is 0 Å². The van der Waals surface area contributed by atoms with Gasteiger partial charge in [0.25, 0.3) is 11.5 Å². The van der Waals surface area contributed by atoms with Gasteiger partial charge in [-0.1, -0.05) is 37.3 Å². The van der Waals surface area contributed by atoms with Gasteiger partial charge in [0.1, 0.15) is 0 Å². The Hall–Kier alpha value is -3.01. The van der Waals surface area contributed by atoms with Crippen molar-refractivity contribution in [3.63, 3.8) is 0 Å². The molecule has 2 atom stereocenters. The number of benzene rings is 1. The van der Waals surface area contributed by atoms with E-state index in [1.165, 1.54) is 17.0 Å². The monoisotopic (exact) mass is 461 g/mol. The van der Waals surface area contributed by atoms with Gasteiger partial charge in [0.05, 0.1) is 18.1 Å². The Bertz CT molecular complexity index is 1130. The lowest BCUT2D eigenvalue weighted by Crippen LogP contribution is -2.48. The summed E-state index contributed by atoms with van der Waals surface area (Å²) in [6.45, 7) is 3.41. The number of rotatable bonds is 8. The third-order valence-electron chi connectivity index (χ3n) is 5.53. The highest BCUT2D eigenvalue weighted by atomic mass is 32.2. The Balaban J connectivity index is 1.68. The fraction of sp³-hybridized carbons (Fsp3) is 0.455. The second-order valence-electron chi connectivity index (χ2n) is 7.89. The molecule has 32 heavy (non-hydrogen) atoms. The molecule has 10 heteroatoms. The van der Waals surface area contributed by atoms with Crippen LogP contribution in [0.4, 0.5) is 0 Å². The quantitative estimate of drug-likeness (QED) is 0.544. The summed E-state index contributed by atoms with van der Waals surface area (Å²) in [7, 11) is -3.17. The maximum Gasteiger partial charge on any atom is 0.359 e. The minimum Gasteiger partial charge on any atom is -0.451 e.